The second-order valence-electron chi connectivity index (χ2n) is 5.46. The first-order chi connectivity index (χ1) is 10.3. The number of hydrogen-bond donors (Lipinski definition) is 1. The zero-order chi connectivity index (χ0) is 14.7. The van der Waals surface area contributed by atoms with E-state index in [0.717, 1.165) is 45.6 Å². The van der Waals surface area contributed by atoms with E-state index >= 15 is 0 Å². The fourth-order valence-electron chi connectivity index (χ4n) is 3.06. The molecule has 0 bridgehead atoms. The maximum absolute atomic E-state index is 12.3. The van der Waals surface area contributed by atoms with Crippen molar-refractivity contribution in [1.82, 2.24) is 14.3 Å². The third-order valence-electron chi connectivity index (χ3n) is 4.25. The van der Waals surface area contributed by atoms with Gasteiger partial charge >= 0.3 is 6.03 Å². The molecule has 0 radical (unpaired) electrons. The van der Waals surface area contributed by atoms with E-state index in [-0.39, 0.29) is 6.03 Å². The first kappa shape index (κ1) is 15.1. The third-order valence-corrected chi connectivity index (χ3v) is 5.54. The number of likely N-dealkylation sites (tertiary alicyclic amines) is 1. The zero-order valence-electron chi connectivity index (χ0n) is 12.1. The van der Waals surface area contributed by atoms with Crippen molar-refractivity contribution in [2.75, 3.05) is 37.9 Å². The first-order valence-electron chi connectivity index (χ1n) is 7.27. The lowest BCUT2D eigenvalue weighted by atomic mass is 9.85. The van der Waals surface area contributed by atoms with Gasteiger partial charge in [-0.05, 0) is 37.4 Å². The largest absolute Gasteiger partial charge is 0.381 e. The molecule has 0 spiro atoms. The average Bonchev–Trinajstić information content (AvgIpc) is 3.17. The second-order valence-corrected chi connectivity index (χ2v) is 6.99. The Morgan fingerprint density at radius 3 is 2.90 bits per heavy atom. The van der Waals surface area contributed by atoms with Gasteiger partial charge in [0.05, 0.1) is 0 Å². The minimum Gasteiger partial charge on any atom is -0.381 e. The number of carbonyl (C=O) groups excluding carboxylic acids is 1. The number of thioether (sulfide) groups is 1. The molecule has 2 fully saturated rings. The highest BCUT2D eigenvalue weighted by Crippen LogP contribution is 2.31. The van der Waals surface area contributed by atoms with Crippen molar-refractivity contribution in [2.45, 2.75) is 24.4 Å². The fraction of sp³-hybridized carbons (Fsp3) is 0.769. The zero-order valence-corrected chi connectivity index (χ0v) is 13.7. The van der Waals surface area contributed by atoms with Crippen LogP contribution in [0.2, 0.25) is 0 Å². The SMILES string of the molecule is CSc1nsc(NC(=O)N2CCC(C3CCOCC3)C2)n1. The van der Waals surface area contributed by atoms with Crippen LogP contribution in [0.15, 0.2) is 5.16 Å². The van der Waals surface area contributed by atoms with E-state index in [1.165, 1.54) is 23.3 Å². The molecule has 116 valence electrons. The van der Waals surface area contributed by atoms with E-state index < -0.39 is 0 Å². The maximum Gasteiger partial charge on any atom is 0.323 e. The van der Waals surface area contributed by atoms with Gasteiger partial charge in [-0.2, -0.15) is 9.36 Å². The molecule has 2 aliphatic heterocycles. The number of rotatable bonds is 3. The van der Waals surface area contributed by atoms with Gasteiger partial charge in [0, 0.05) is 37.8 Å². The van der Waals surface area contributed by atoms with Crippen molar-refractivity contribution in [1.29, 1.82) is 0 Å². The highest BCUT2D eigenvalue weighted by Gasteiger charge is 2.32. The lowest BCUT2D eigenvalue weighted by molar-refractivity contribution is 0.0485. The monoisotopic (exact) mass is 328 g/mol. The number of aromatic nitrogens is 2. The normalized spacial score (nSPS) is 23.5. The lowest BCUT2D eigenvalue weighted by Gasteiger charge is -2.27. The van der Waals surface area contributed by atoms with Gasteiger partial charge in [0.25, 0.3) is 0 Å². The Hall–Kier alpha value is -0.860. The summed E-state index contributed by atoms with van der Waals surface area (Å²) < 4.78 is 9.57. The van der Waals surface area contributed by atoms with Gasteiger partial charge in [0.2, 0.25) is 10.3 Å². The highest BCUT2D eigenvalue weighted by molar-refractivity contribution is 7.98. The predicted octanol–water partition coefficient (Wildman–Crippen LogP) is 2.54. The number of urea groups is 1. The molecule has 6 nitrogen and oxygen atoms in total. The van der Waals surface area contributed by atoms with Crippen molar-refractivity contribution in [3.8, 4) is 0 Å². The van der Waals surface area contributed by atoms with E-state index in [1.807, 2.05) is 11.2 Å². The third kappa shape index (κ3) is 3.67. The molecule has 0 aliphatic carbocycles. The second kappa shape index (κ2) is 6.93. The molecule has 1 unspecified atom stereocenters. The molecule has 0 saturated carbocycles. The summed E-state index contributed by atoms with van der Waals surface area (Å²) in [7, 11) is 0. The van der Waals surface area contributed by atoms with Crippen molar-refractivity contribution in [2.24, 2.45) is 11.8 Å². The predicted molar refractivity (Wildman–Crippen MR) is 83.9 cm³/mol. The van der Waals surface area contributed by atoms with E-state index in [4.69, 9.17) is 4.74 Å². The molecular formula is C13H20N4O2S2. The minimum absolute atomic E-state index is 0.0478. The molecule has 8 heteroatoms. The molecular weight excluding hydrogens is 308 g/mol. The average molecular weight is 328 g/mol. The fourth-order valence-corrected chi connectivity index (χ4v) is 4.17. The van der Waals surface area contributed by atoms with Gasteiger partial charge in [-0.1, -0.05) is 11.8 Å². The van der Waals surface area contributed by atoms with Crippen LogP contribution in [0.5, 0.6) is 0 Å². The summed E-state index contributed by atoms with van der Waals surface area (Å²) in [4.78, 5) is 18.4. The highest BCUT2D eigenvalue weighted by atomic mass is 32.2. The van der Waals surface area contributed by atoms with Crippen molar-refractivity contribution in [3.63, 3.8) is 0 Å². The number of hydrogen-bond acceptors (Lipinski definition) is 6. The number of carbonyl (C=O) groups is 1. The molecule has 1 N–H and O–H groups in total. The molecule has 1 aromatic rings. The van der Waals surface area contributed by atoms with Crippen molar-refractivity contribution >= 4 is 34.5 Å². The summed E-state index contributed by atoms with van der Waals surface area (Å²) in [5.41, 5.74) is 0. The van der Waals surface area contributed by atoms with Crippen molar-refractivity contribution < 1.29 is 9.53 Å². The summed E-state index contributed by atoms with van der Waals surface area (Å²) in [6.07, 6.45) is 5.29. The van der Waals surface area contributed by atoms with Gasteiger partial charge in [-0.25, -0.2) is 4.79 Å². The Morgan fingerprint density at radius 2 is 2.19 bits per heavy atom. The number of ether oxygens (including phenoxy) is 1. The van der Waals surface area contributed by atoms with Crippen molar-refractivity contribution in [3.05, 3.63) is 0 Å². The summed E-state index contributed by atoms with van der Waals surface area (Å²) in [6, 6.07) is -0.0478. The molecule has 2 aliphatic rings. The number of amides is 2. The van der Waals surface area contributed by atoms with E-state index in [0.29, 0.717) is 22.1 Å². The van der Waals surface area contributed by atoms with Crippen LogP contribution in [0.1, 0.15) is 19.3 Å². The summed E-state index contributed by atoms with van der Waals surface area (Å²) in [5, 5.41) is 4.14. The summed E-state index contributed by atoms with van der Waals surface area (Å²) >= 11 is 2.71. The molecule has 2 saturated heterocycles. The maximum atomic E-state index is 12.3. The Balaban J connectivity index is 1.51. The molecule has 2 amide bonds. The van der Waals surface area contributed by atoms with E-state index in [9.17, 15) is 4.79 Å². The smallest absolute Gasteiger partial charge is 0.323 e. The van der Waals surface area contributed by atoms with Gasteiger partial charge in [0.1, 0.15) is 0 Å². The van der Waals surface area contributed by atoms with Crippen LogP contribution in [-0.2, 0) is 4.74 Å². The van der Waals surface area contributed by atoms with E-state index in [1.54, 1.807) is 0 Å². The van der Waals surface area contributed by atoms with Gasteiger partial charge < -0.3 is 9.64 Å². The van der Waals surface area contributed by atoms with Gasteiger partial charge in [0.15, 0.2) is 0 Å². The Labute approximate surface area is 132 Å². The van der Waals surface area contributed by atoms with Crippen LogP contribution in [0.3, 0.4) is 0 Å². The van der Waals surface area contributed by atoms with Crippen LogP contribution in [0.4, 0.5) is 9.93 Å². The lowest BCUT2D eigenvalue weighted by Crippen LogP contribution is -2.34. The summed E-state index contributed by atoms with van der Waals surface area (Å²) in [5.74, 6) is 1.33. The van der Waals surface area contributed by atoms with Gasteiger partial charge in [-0.3, -0.25) is 5.32 Å². The van der Waals surface area contributed by atoms with Crippen LogP contribution >= 0.6 is 23.3 Å². The number of nitrogens with zero attached hydrogens (tertiary/aromatic N) is 3. The molecule has 3 rings (SSSR count). The standard InChI is InChI=1S/C13H20N4O2S2/c1-20-12-14-11(21-16-12)15-13(18)17-5-2-10(8-17)9-3-6-19-7-4-9/h9-10H,2-8H2,1H3,(H,14,15,16,18). The topological polar surface area (TPSA) is 67.4 Å². The quantitative estimate of drug-likeness (QED) is 0.864. The Morgan fingerprint density at radius 1 is 1.38 bits per heavy atom. The summed E-state index contributed by atoms with van der Waals surface area (Å²) in [6.45, 7) is 3.43. The van der Waals surface area contributed by atoms with Crippen LogP contribution in [0, 0.1) is 11.8 Å². The number of anilines is 1. The Bertz CT molecular complexity index is 490. The van der Waals surface area contributed by atoms with Crippen LogP contribution < -0.4 is 5.32 Å². The molecule has 21 heavy (non-hydrogen) atoms. The minimum atomic E-state index is -0.0478. The number of nitrogens with one attached hydrogen (secondary N) is 1. The molecule has 1 aromatic heterocycles. The van der Waals surface area contributed by atoms with E-state index in [2.05, 4.69) is 14.7 Å². The van der Waals surface area contributed by atoms with Gasteiger partial charge in [-0.15, -0.1) is 0 Å². The first-order valence-corrected chi connectivity index (χ1v) is 9.27. The Kier molecular flexibility index (Phi) is 4.97. The molecule has 1 atom stereocenters. The molecule has 3 heterocycles. The van der Waals surface area contributed by atoms with Crippen LogP contribution in [-0.4, -0.2) is 52.8 Å². The molecule has 0 aromatic carbocycles. The van der Waals surface area contributed by atoms with Crippen LogP contribution in [0.25, 0.3) is 0 Å².